The van der Waals surface area contributed by atoms with Gasteiger partial charge in [0.25, 0.3) is 0 Å². The van der Waals surface area contributed by atoms with Crippen molar-refractivity contribution in [3.05, 3.63) is 39.8 Å². The van der Waals surface area contributed by atoms with Crippen LogP contribution >= 0.6 is 23.2 Å². The number of aryl methyl sites for hydroxylation is 1. The molecule has 0 atom stereocenters. The summed E-state index contributed by atoms with van der Waals surface area (Å²) in [7, 11) is 0. The van der Waals surface area contributed by atoms with Gasteiger partial charge in [-0.3, -0.25) is 4.79 Å². The third kappa shape index (κ3) is 3.98. The van der Waals surface area contributed by atoms with Gasteiger partial charge in [0.05, 0.1) is 0 Å². The average molecular weight is 375 g/mol. The minimum atomic E-state index is -1.17. The Bertz CT molecular complexity index is 787. The van der Waals surface area contributed by atoms with Crippen molar-refractivity contribution in [2.24, 2.45) is 0 Å². The molecule has 0 spiro atoms. The number of nitrogens with one attached hydrogen (secondary N) is 1. The SMILES string of the molecule is CCc1cc(Oc2c(Cl)c(F)nc(NCC(=O)O)c2Cl)ccc1O. The van der Waals surface area contributed by atoms with Gasteiger partial charge in [0.2, 0.25) is 5.95 Å². The predicted molar refractivity (Wildman–Crippen MR) is 87.9 cm³/mol. The Labute approximate surface area is 146 Å². The van der Waals surface area contributed by atoms with Crippen molar-refractivity contribution in [2.45, 2.75) is 13.3 Å². The highest BCUT2D eigenvalue weighted by Crippen LogP contribution is 2.41. The molecule has 3 N–H and O–H groups in total. The highest BCUT2D eigenvalue weighted by Gasteiger charge is 2.20. The smallest absolute Gasteiger partial charge is 0.322 e. The molecule has 0 fully saturated rings. The fourth-order valence-corrected chi connectivity index (χ4v) is 2.35. The van der Waals surface area contributed by atoms with Crippen molar-refractivity contribution in [1.29, 1.82) is 0 Å². The number of rotatable bonds is 6. The summed E-state index contributed by atoms with van der Waals surface area (Å²) < 4.78 is 19.4. The van der Waals surface area contributed by atoms with E-state index in [1.165, 1.54) is 12.1 Å². The van der Waals surface area contributed by atoms with Crippen LogP contribution in [0.25, 0.3) is 0 Å². The minimum absolute atomic E-state index is 0.103. The van der Waals surface area contributed by atoms with Crippen LogP contribution < -0.4 is 10.1 Å². The third-order valence-corrected chi connectivity index (χ3v) is 3.73. The molecule has 2 rings (SSSR count). The molecule has 0 aliphatic rings. The van der Waals surface area contributed by atoms with Gasteiger partial charge >= 0.3 is 5.97 Å². The maximum Gasteiger partial charge on any atom is 0.322 e. The lowest BCUT2D eigenvalue weighted by atomic mass is 10.1. The van der Waals surface area contributed by atoms with Gasteiger partial charge in [0.15, 0.2) is 11.6 Å². The van der Waals surface area contributed by atoms with Crippen LogP contribution in [0.5, 0.6) is 17.2 Å². The first-order chi connectivity index (χ1) is 11.3. The summed E-state index contributed by atoms with van der Waals surface area (Å²) in [6.07, 6.45) is 0.556. The number of aromatic hydroxyl groups is 1. The fourth-order valence-electron chi connectivity index (χ4n) is 1.89. The molecule has 0 amide bonds. The van der Waals surface area contributed by atoms with Gasteiger partial charge in [0, 0.05) is 0 Å². The van der Waals surface area contributed by atoms with E-state index in [0.717, 1.165) is 0 Å². The molecule has 1 aromatic carbocycles. The molecule has 9 heteroatoms. The topological polar surface area (TPSA) is 91.7 Å². The number of nitrogens with zero attached hydrogens (tertiary/aromatic N) is 1. The Morgan fingerprint density at radius 2 is 2.08 bits per heavy atom. The van der Waals surface area contributed by atoms with Crippen LogP contribution in [0, 0.1) is 5.95 Å². The molecule has 0 aliphatic carbocycles. The Balaban J connectivity index is 2.40. The molecule has 128 valence electrons. The molecule has 2 aromatic rings. The molecule has 1 aromatic heterocycles. The third-order valence-electron chi connectivity index (χ3n) is 3.06. The number of benzene rings is 1. The van der Waals surface area contributed by atoms with E-state index in [1.54, 1.807) is 6.07 Å². The molecule has 0 unspecified atom stereocenters. The van der Waals surface area contributed by atoms with Gasteiger partial charge in [-0.2, -0.15) is 9.37 Å². The Kier molecular flexibility index (Phi) is 5.69. The predicted octanol–water partition coefficient (Wildman–Crippen LogP) is 4.08. The van der Waals surface area contributed by atoms with Crippen molar-refractivity contribution in [1.82, 2.24) is 4.98 Å². The number of halogens is 3. The molecule has 1 heterocycles. The lowest BCUT2D eigenvalue weighted by molar-refractivity contribution is -0.134. The van der Waals surface area contributed by atoms with E-state index in [0.29, 0.717) is 12.0 Å². The van der Waals surface area contributed by atoms with E-state index < -0.39 is 23.5 Å². The number of pyridine rings is 1. The second-order valence-electron chi connectivity index (χ2n) is 4.70. The number of ether oxygens (including phenoxy) is 1. The largest absolute Gasteiger partial charge is 0.508 e. The van der Waals surface area contributed by atoms with Crippen LogP contribution in [0.15, 0.2) is 18.2 Å². The Morgan fingerprint density at radius 1 is 1.38 bits per heavy atom. The van der Waals surface area contributed by atoms with E-state index in [4.69, 9.17) is 33.0 Å². The molecule has 0 saturated heterocycles. The number of anilines is 1. The molecule has 0 bridgehead atoms. The van der Waals surface area contributed by atoms with Crippen LogP contribution in [-0.4, -0.2) is 27.7 Å². The van der Waals surface area contributed by atoms with E-state index in [1.807, 2.05) is 6.92 Å². The molecule has 0 saturated carbocycles. The summed E-state index contributed by atoms with van der Waals surface area (Å²) in [5, 5.41) is 20.1. The zero-order valence-electron chi connectivity index (χ0n) is 12.4. The summed E-state index contributed by atoms with van der Waals surface area (Å²) in [5.41, 5.74) is 0.624. The molecule has 0 aliphatic heterocycles. The summed E-state index contributed by atoms with van der Waals surface area (Å²) in [6, 6.07) is 4.45. The number of carbonyl (C=O) groups is 1. The Hall–Kier alpha value is -2.25. The van der Waals surface area contributed by atoms with Crippen molar-refractivity contribution >= 4 is 35.0 Å². The normalized spacial score (nSPS) is 10.5. The van der Waals surface area contributed by atoms with Crippen molar-refractivity contribution in [3.63, 3.8) is 0 Å². The van der Waals surface area contributed by atoms with Crippen LogP contribution in [0.3, 0.4) is 0 Å². The number of aromatic nitrogens is 1. The number of aliphatic carboxylic acids is 1. The maximum atomic E-state index is 13.8. The standard InChI is InChI=1S/C15H13Cl2FN2O4/c1-2-7-5-8(3-4-9(7)21)24-13-11(16)14(18)20-15(12(13)17)19-6-10(22)23/h3-5,21H,2,6H2,1H3,(H,19,20)(H,22,23). The number of carboxylic acid groups (broad SMARTS) is 1. The van der Waals surface area contributed by atoms with Gasteiger partial charge in [-0.1, -0.05) is 30.1 Å². The number of phenols is 1. The first-order valence-corrected chi connectivity index (χ1v) is 7.59. The van der Waals surface area contributed by atoms with E-state index in [9.17, 15) is 14.3 Å². The highest BCUT2D eigenvalue weighted by atomic mass is 35.5. The van der Waals surface area contributed by atoms with Gasteiger partial charge < -0.3 is 20.3 Å². The van der Waals surface area contributed by atoms with Crippen LogP contribution in [0.1, 0.15) is 12.5 Å². The number of hydrogen-bond donors (Lipinski definition) is 3. The van der Waals surface area contributed by atoms with Gasteiger partial charge in [-0.05, 0) is 30.2 Å². The summed E-state index contributed by atoms with van der Waals surface area (Å²) in [5.74, 6) is -2.25. The van der Waals surface area contributed by atoms with Crippen molar-refractivity contribution in [2.75, 3.05) is 11.9 Å². The maximum absolute atomic E-state index is 13.8. The zero-order valence-corrected chi connectivity index (χ0v) is 14.0. The highest BCUT2D eigenvalue weighted by molar-refractivity contribution is 6.38. The quantitative estimate of drug-likeness (QED) is 0.659. The second kappa shape index (κ2) is 7.55. The average Bonchev–Trinajstić information content (AvgIpc) is 2.55. The van der Waals surface area contributed by atoms with Crippen LogP contribution in [0.2, 0.25) is 10.0 Å². The first-order valence-electron chi connectivity index (χ1n) is 6.83. The number of hydrogen-bond acceptors (Lipinski definition) is 5. The van der Waals surface area contributed by atoms with E-state index >= 15 is 0 Å². The van der Waals surface area contributed by atoms with Gasteiger partial charge in [0.1, 0.15) is 28.1 Å². The van der Waals surface area contributed by atoms with E-state index in [2.05, 4.69) is 10.3 Å². The minimum Gasteiger partial charge on any atom is -0.508 e. The summed E-state index contributed by atoms with van der Waals surface area (Å²) in [6.45, 7) is 1.34. The summed E-state index contributed by atoms with van der Waals surface area (Å²) in [4.78, 5) is 14.1. The molecule has 0 radical (unpaired) electrons. The number of phenolic OH excluding ortho intramolecular Hbond substituents is 1. The molecule has 24 heavy (non-hydrogen) atoms. The van der Waals surface area contributed by atoms with E-state index in [-0.39, 0.29) is 28.1 Å². The Morgan fingerprint density at radius 3 is 2.71 bits per heavy atom. The van der Waals surface area contributed by atoms with Gasteiger partial charge in [-0.15, -0.1) is 0 Å². The lowest BCUT2D eigenvalue weighted by Gasteiger charge is -2.14. The molecular weight excluding hydrogens is 362 g/mol. The second-order valence-corrected chi connectivity index (χ2v) is 5.46. The van der Waals surface area contributed by atoms with Crippen molar-refractivity contribution < 1.29 is 24.1 Å². The fraction of sp³-hybridized carbons (Fsp3) is 0.200. The van der Waals surface area contributed by atoms with Crippen LogP contribution in [0.4, 0.5) is 10.2 Å². The van der Waals surface area contributed by atoms with Crippen molar-refractivity contribution in [3.8, 4) is 17.2 Å². The summed E-state index contributed by atoms with van der Waals surface area (Å²) >= 11 is 11.9. The van der Waals surface area contributed by atoms with Gasteiger partial charge in [-0.25, -0.2) is 0 Å². The first kappa shape index (κ1) is 18.1. The molecule has 6 nitrogen and oxygen atoms in total. The van der Waals surface area contributed by atoms with Crippen LogP contribution in [-0.2, 0) is 11.2 Å². The molecular formula is C15H13Cl2FN2O4. The zero-order chi connectivity index (χ0) is 17.9. The lowest BCUT2D eigenvalue weighted by Crippen LogP contribution is -2.14. The monoisotopic (exact) mass is 374 g/mol. The number of carboxylic acids is 1.